The van der Waals surface area contributed by atoms with Gasteiger partial charge < -0.3 is 9.73 Å². The highest BCUT2D eigenvalue weighted by Gasteiger charge is 2.45. The lowest BCUT2D eigenvalue weighted by Crippen LogP contribution is -2.25. The Bertz CT molecular complexity index is 854. The van der Waals surface area contributed by atoms with Gasteiger partial charge in [0, 0.05) is 42.5 Å². The highest BCUT2D eigenvalue weighted by atomic mass is 16.3. The summed E-state index contributed by atoms with van der Waals surface area (Å²) < 4.78 is 7.30. The first-order valence-electron chi connectivity index (χ1n) is 7.99. The van der Waals surface area contributed by atoms with Crippen molar-refractivity contribution in [3.8, 4) is 5.82 Å². The van der Waals surface area contributed by atoms with Crippen LogP contribution in [0.3, 0.4) is 0 Å². The van der Waals surface area contributed by atoms with Crippen LogP contribution in [0.4, 0.5) is 0 Å². The molecule has 0 bridgehead atoms. The van der Waals surface area contributed by atoms with E-state index in [1.807, 2.05) is 42.0 Å². The van der Waals surface area contributed by atoms with E-state index in [9.17, 15) is 4.79 Å². The minimum absolute atomic E-state index is 0.00579. The van der Waals surface area contributed by atoms with E-state index in [-0.39, 0.29) is 17.7 Å². The third-order valence-electron chi connectivity index (χ3n) is 4.41. The van der Waals surface area contributed by atoms with Gasteiger partial charge in [-0.25, -0.2) is 9.97 Å². The summed E-state index contributed by atoms with van der Waals surface area (Å²) in [5.74, 6) is 2.84. The molecule has 6 nitrogen and oxygen atoms in total. The van der Waals surface area contributed by atoms with E-state index in [2.05, 4.69) is 15.3 Å². The molecule has 1 saturated carbocycles. The van der Waals surface area contributed by atoms with Gasteiger partial charge in [-0.2, -0.15) is 0 Å². The molecule has 1 aliphatic carbocycles. The molecule has 3 heterocycles. The molecular formula is C18H18N4O2. The molecule has 6 heteroatoms. The quantitative estimate of drug-likeness (QED) is 0.783. The van der Waals surface area contributed by atoms with E-state index in [0.717, 1.165) is 29.4 Å². The zero-order valence-electron chi connectivity index (χ0n) is 13.3. The molecule has 24 heavy (non-hydrogen) atoms. The number of imidazole rings is 1. The maximum Gasteiger partial charge on any atom is 0.224 e. The number of nitrogens with one attached hydrogen (secondary N) is 1. The molecule has 122 valence electrons. The normalized spacial score (nSPS) is 19.2. The topological polar surface area (TPSA) is 73.0 Å². The van der Waals surface area contributed by atoms with E-state index in [1.165, 1.54) is 0 Å². The minimum Gasteiger partial charge on any atom is -0.469 e. The predicted molar refractivity (Wildman–Crippen MR) is 87.5 cm³/mol. The van der Waals surface area contributed by atoms with E-state index >= 15 is 0 Å². The Balaban J connectivity index is 1.44. The van der Waals surface area contributed by atoms with Gasteiger partial charge >= 0.3 is 0 Å². The number of hydrogen-bond donors (Lipinski definition) is 1. The van der Waals surface area contributed by atoms with Crippen LogP contribution >= 0.6 is 0 Å². The fourth-order valence-electron chi connectivity index (χ4n) is 3.00. The molecule has 0 saturated heterocycles. The van der Waals surface area contributed by atoms with Crippen molar-refractivity contribution in [2.24, 2.45) is 5.92 Å². The smallest absolute Gasteiger partial charge is 0.224 e. The monoisotopic (exact) mass is 322 g/mol. The number of hydrogen-bond acceptors (Lipinski definition) is 4. The summed E-state index contributed by atoms with van der Waals surface area (Å²) >= 11 is 0. The van der Waals surface area contributed by atoms with Crippen molar-refractivity contribution in [1.29, 1.82) is 0 Å². The first-order valence-corrected chi connectivity index (χ1v) is 7.99. The van der Waals surface area contributed by atoms with E-state index < -0.39 is 0 Å². The van der Waals surface area contributed by atoms with Gasteiger partial charge in [0.2, 0.25) is 5.91 Å². The van der Waals surface area contributed by atoms with Gasteiger partial charge in [0.15, 0.2) is 0 Å². The number of aryl methyl sites for hydroxylation is 1. The second-order valence-corrected chi connectivity index (χ2v) is 6.01. The van der Waals surface area contributed by atoms with Crippen LogP contribution in [0.15, 0.2) is 53.5 Å². The summed E-state index contributed by atoms with van der Waals surface area (Å²) in [6, 6.07) is 7.63. The molecule has 0 aliphatic heterocycles. The largest absolute Gasteiger partial charge is 0.469 e. The number of furan rings is 1. The number of rotatable bonds is 5. The lowest BCUT2D eigenvalue weighted by molar-refractivity contribution is -0.122. The summed E-state index contributed by atoms with van der Waals surface area (Å²) in [7, 11) is 0. The number of amides is 1. The zero-order chi connectivity index (χ0) is 16.5. The fraction of sp³-hybridized carbons (Fsp3) is 0.278. The first kappa shape index (κ1) is 14.7. The zero-order valence-corrected chi connectivity index (χ0v) is 13.3. The van der Waals surface area contributed by atoms with Gasteiger partial charge in [-0.05, 0) is 31.5 Å². The van der Waals surface area contributed by atoms with E-state index in [0.29, 0.717) is 6.54 Å². The Hall–Kier alpha value is -2.89. The second kappa shape index (κ2) is 5.96. The second-order valence-electron chi connectivity index (χ2n) is 6.01. The van der Waals surface area contributed by atoms with Crippen molar-refractivity contribution in [3.63, 3.8) is 0 Å². The summed E-state index contributed by atoms with van der Waals surface area (Å²) in [5, 5.41) is 3.02. The molecule has 3 aromatic heterocycles. The first-order chi connectivity index (χ1) is 11.7. The van der Waals surface area contributed by atoms with Crippen LogP contribution in [-0.2, 0) is 11.3 Å². The van der Waals surface area contributed by atoms with Crippen LogP contribution in [0.25, 0.3) is 5.82 Å². The lowest BCUT2D eigenvalue weighted by Gasteiger charge is -2.11. The Morgan fingerprint density at radius 2 is 2.25 bits per heavy atom. The molecule has 1 fully saturated rings. The summed E-state index contributed by atoms with van der Waals surface area (Å²) in [6.07, 6.45) is 7.85. The number of carbonyl (C=O) groups excluding carboxylic acids is 1. The van der Waals surface area contributed by atoms with Crippen molar-refractivity contribution in [2.45, 2.75) is 25.8 Å². The summed E-state index contributed by atoms with van der Waals surface area (Å²) in [6.45, 7) is 2.37. The molecule has 4 rings (SSSR count). The molecule has 0 radical (unpaired) electrons. The average Bonchev–Trinajstić information content (AvgIpc) is 3.01. The van der Waals surface area contributed by atoms with Crippen molar-refractivity contribution in [3.05, 3.63) is 66.3 Å². The fourth-order valence-corrected chi connectivity index (χ4v) is 3.00. The molecule has 3 aromatic rings. The standard InChI is InChI=1S/C18H18N4O2/c1-12-19-7-8-22(12)17-13(4-2-6-20-17)11-21-18(23)15-10-14(15)16-5-3-9-24-16/h2-9,14-15H,10-11H2,1H3,(H,21,23)/t14-,15-/m1/s1. The Kier molecular flexibility index (Phi) is 3.65. The van der Waals surface area contributed by atoms with Crippen LogP contribution in [0, 0.1) is 12.8 Å². The van der Waals surface area contributed by atoms with Crippen molar-refractivity contribution in [2.75, 3.05) is 0 Å². The third-order valence-corrected chi connectivity index (χ3v) is 4.41. The molecule has 0 unspecified atom stereocenters. The molecule has 1 amide bonds. The van der Waals surface area contributed by atoms with Crippen LogP contribution in [0.2, 0.25) is 0 Å². The Morgan fingerprint density at radius 1 is 1.33 bits per heavy atom. The number of nitrogens with zero attached hydrogens (tertiary/aromatic N) is 3. The maximum absolute atomic E-state index is 12.4. The number of pyridine rings is 1. The van der Waals surface area contributed by atoms with E-state index in [4.69, 9.17) is 4.42 Å². The third kappa shape index (κ3) is 2.71. The van der Waals surface area contributed by atoms with Gasteiger partial charge in [0.05, 0.1) is 6.26 Å². The molecular weight excluding hydrogens is 304 g/mol. The van der Waals surface area contributed by atoms with Gasteiger partial charge in [-0.3, -0.25) is 9.36 Å². The average molecular weight is 322 g/mol. The van der Waals surface area contributed by atoms with E-state index in [1.54, 1.807) is 18.7 Å². The van der Waals surface area contributed by atoms with Crippen LogP contribution < -0.4 is 5.32 Å². The molecule has 2 atom stereocenters. The summed E-state index contributed by atoms with van der Waals surface area (Å²) in [5.41, 5.74) is 0.960. The highest BCUT2D eigenvalue weighted by Crippen LogP contribution is 2.47. The van der Waals surface area contributed by atoms with Crippen LogP contribution in [-0.4, -0.2) is 20.4 Å². The highest BCUT2D eigenvalue weighted by molar-refractivity contribution is 5.82. The number of aromatic nitrogens is 3. The van der Waals surface area contributed by atoms with Crippen LogP contribution in [0.5, 0.6) is 0 Å². The summed E-state index contributed by atoms with van der Waals surface area (Å²) in [4.78, 5) is 21.0. The van der Waals surface area contributed by atoms with Crippen molar-refractivity contribution in [1.82, 2.24) is 19.9 Å². The van der Waals surface area contributed by atoms with Crippen molar-refractivity contribution >= 4 is 5.91 Å². The van der Waals surface area contributed by atoms with Gasteiger partial charge in [0.25, 0.3) is 0 Å². The SMILES string of the molecule is Cc1nccn1-c1ncccc1CNC(=O)[C@@H]1C[C@H]1c1ccco1. The maximum atomic E-state index is 12.4. The lowest BCUT2D eigenvalue weighted by atomic mass is 10.2. The van der Waals surface area contributed by atoms with Gasteiger partial charge in [0.1, 0.15) is 17.4 Å². The molecule has 0 aromatic carbocycles. The Labute approximate surface area is 139 Å². The minimum atomic E-state index is 0.00579. The molecule has 1 N–H and O–H groups in total. The van der Waals surface area contributed by atoms with Gasteiger partial charge in [-0.1, -0.05) is 6.07 Å². The predicted octanol–water partition coefficient (Wildman–Crippen LogP) is 2.59. The van der Waals surface area contributed by atoms with Gasteiger partial charge in [-0.15, -0.1) is 0 Å². The molecule has 1 aliphatic rings. The van der Waals surface area contributed by atoms with Crippen molar-refractivity contribution < 1.29 is 9.21 Å². The number of carbonyl (C=O) groups is 1. The van der Waals surface area contributed by atoms with Crippen LogP contribution in [0.1, 0.15) is 29.5 Å². The Morgan fingerprint density at radius 3 is 3.00 bits per heavy atom. The molecule has 0 spiro atoms.